The largest absolute Gasteiger partial charge is 0.464 e. The molecule has 1 aliphatic heterocycles. The van der Waals surface area contributed by atoms with E-state index in [1.54, 1.807) is 13.8 Å². The highest BCUT2D eigenvalue weighted by Gasteiger charge is 2.58. The summed E-state index contributed by atoms with van der Waals surface area (Å²) in [5.41, 5.74) is 1.99. The SMILES string of the molecule is CCOC(=O)C1(C(=O)OCC)Sc2cccc3cccc(c23)SC1c1ccc(C)cc1. The van der Waals surface area contributed by atoms with Crippen LogP contribution in [0, 0.1) is 6.92 Å². The first-order valence-corrected chi connectivity index (χ1v) is 12.0. The highest BCUT2D eigenvalue weighted by Crippen LogP contribution is 2.58. The summed E-state index contributed by atoms with van der Waals surface area (Å²) in [4.78, 5) is 29.0. The zero-order valence-corrected chi connectivity index (χ0v) is 19.3. The van der Waals surface area contributed by atoms with Crippen molar-refractivity contribution in [3.8, 4) is 0 Å². The fourth-order valence-electron chi connectivity index (χ4n) is 3.79. The van der Waals surface area contributed by atoms with Crippen LogP contribution in [0.15, 0.2) is 70.5 Å². The van der Waals surface area contributed by atoms with Crippen LogP contribution in [0.25, 0.3) is 10.8 Å². The minimum atomic E-state index is -1.57. The second-order valence-electron chi connectivity index (χ2n) is 7.30. The Balaban J connectivity index is 2.00. The molecular formula is C25H24O4S2. The van der Waals surface area contributed by atoms with Gasteiger partial charge in [0.1, 0.15) is 0 Å². The molecule has 0 saturated carbocycles. The Morgan fingerprint density at radius 3 is 2.03 bits per heavy atom. The maximum absolute atomic E-state index is 13.6. The van der Waals surface area contributed by atoms with E-state index in [2.05, 4.69) is 0 Å². The number of carbonyl (C=O) groups excluding carboxylic acids is 2. The molecule has 1 unspecified atom stereocenters. The molecule has 4 rings (SSSR count). The fraction of sp³-hybridized carbons (Fsp3) is 0.280. The Morgan fingerprint density at radius 2 is 1.45 bits per heavy atom. The highest BCUT2D eigenvalue weighted by molar-refractivity contribution is 8.06. The molecule has 31 heavy (non-hydrogen) atoms. The van der Waals surface area contributed by atoms with Crippen LogP contribution in [0.1, 0.15) is 30.2 Å². The van der Waals surface area contributed by atoms with Crippen LogP contribution in [0.3, 0.4) is 0 Å². The summed E-state index contributed by atoms with van der Waals surface area (Å²) < 4.78 is 9.44. The molecule has 0 amide bonds. The van der Waals surface area contributed by atoms with Gasteiger partial charge in [0.05, 0.1) is 18.5 Å². The van der Waals surface area contributed by atoms with E-state index in [9.17, 15) is 9.59 Å². The number of hydrogen-bond donors (Lipinski definition) is 0. The Labute approximate surface area is 190 Å². The van der Waals surface area contributed by atoms with E-state index in [4.69, 9.17) is 9.47 Å². The van der Waals surface area contributed by atoms with Gasteiger partial charge in [-0.15, -0.1) is 11.8 Å². The van der Waals surface area contributed by atoms with Crippen LogP contribution in [-0.2, 0) is 19.1 Å². The summed E-state index contributed by atoms with van der Waals surface area (Å²) in [6.45, 7) is 5.88. The van der Waals surface area contributed by atoms with Gasteiger partial charge in [0, 0.05) is 15.2 Å². The van der Waals surface area contributed by atoms with Gasteiger partial charge < -0.3 is 9.47 Å². The molecule has 160 valence electrons. The van der Waals surface area contributed by atoms with Crippen molar-refractivity contribution in [1.82, 2.24) is 0 Å². The maximum Gasteiger partial charge on any atom is 0.335 e. The molecule has 3 aromatic carbocycles. The number of hydrogen-bond acceptors (Lipinski definition) is 6. The molecule has 0 spiro atoms. The molecular weight excluding hydrogens is 428 g/mol. The lowest BCUT2D eigenvalue weighted by Gasteiger charge is -2.34. The van der Waals surface area contributed by atoms with Gasteiger partial charge in [0.15, 0.2) is 0 Å². The summed E-state index contributed by atoms with van der Waals surface area (Å²) in [5, 5.41) is 1.60. The Morgan fingerprint density at radius 1 is 0.871 bits per heavy atom. The van der Waals surface area contributed by atoms with Gasteiger partial charge in [-0.3, -0.25) is 0 Å². The van der Waals surface area contributed by atoms with Gasteiger partial charge in [-0.1, -0.05) is 65.9 Å². The van der Waals surface area contributed by atoms with Crippen molar-refractivity contribution in [3.05, 3.63) is 71.8 Å². The van der Waals surface area contributed by atoms with Gasteiger partial charge in [-0.05, 0) is 43.9 Å². The zero-order chi connectivity index (χ0) is 22.0. The van der Waals surface area contributed by atoms with Gasteiger partial charge in [0.2, 0.25) is 4.75 Å². The summed E-state index contributed by atoms with van der Waals surface area (Å²) in [7, 11) is 0. The lowest BCUT2D eigenvalue weighted by molar-refractivity contribution is -0.158. The van der Waals surface area contributed by atoms with E-state index in [0.717, 1.165) is 31.7 Å². The average Bonchev–Trinajstić information content (AvgIpc) is 2.92. The van der Waals surface area contributed by atoms with Crippen molar-refractivity contribution in [1.29, 1.82) is 0 Å². The van der Waals surface area contributed by atoms with E-state index in [0.29, 0.717) is 0 Å². The Hall–Kier alpha value is -2.44. The topological polar surface area (TPSA) is 52.6 Å². The molecule has 3 aromatic rings. The van der Waals surface area contributed by atoms with Crippen LogP contribution in [0.4, 0.5) is 0 Å². The molecule has 0 radical (unpaired) electrons. The van der Waals surface area contributed by atoms with Gasteiger partial charge in [0.25, 0.3) is 0 Å². The predicted molar refractivity (Wildman–Crippen MR) is 126 cm³/mol. The van der Waals surface area contributed by atoms with Crippen molar-refractivity contribution in [2.45, 2.75) is 40.6 Å². The first kappa shape index (κ1) is 21.8. The quantitative estimate of drug-likeness (QED) is 0.352. The predicted octanol–water partition coefficient (Wildman–Crippen LogP) is 5.95. The molecule has 0 aliphatic carbocycles. The number of esters is 2. The minimum absolute atomic E-state index is 0.184. The summed E-state index contributed by atoms with van der Waals surface area (Å²) >= 11 is 2.77. The van der Waals surface area contributed by atoms with E-state index in [1.165, 1.54) is 23.5 Å². The number of rotatable bonds is 5. The van der Waals surface area contributed by atoms with Crippen LogP contribution < -0.4 is 0 Å². The first-order chi connectivity index (χ1) is 15.0. The first-order valence-electron chi connectivity index (χ1n) is 10.3. The lowest BCUT2D eigenvalue weighted by atomic mass is 9.96. The Kier molecular flexibility index (Phi) is 6.30. The summed E-state index contributed by atoms with van der Waals surface area (Å²) in [6.07, 6.45) is 0. The lowest BCUT2D eigenvalue weighted by Crippen LogP contribution is -2.49. The number of carbonyl (C=O) groups is 2. The monoisotopic (exact) mass is 452 g/mol. The molecule has 0 saturated heterocycles. The molecule has 1 atom stereocenters. The molecule has 6 heteroatoms. The molecule has 0 fully saturated rings. The maximum atomic E-state index is 13.6. The van der Waals surface area contributed by atoms with Crippen LogP contribution in [0.2, 0.25) is 0 Å². The van der Waals surface area contributed by atoms with Gasteiger partial charge >= 0.3 is 11.9 Å². The standard InChI is InChI=1S/C25H24O4S2/c1-4-28-23(26)25(24(27)29-5-2)22(18-14-12-16(3)13-15-18)30-19-10-6-8-17-9-7-11-20(31-25)21(17)19/h6-15,22H,4-5H2,1-3H3. The second-order valence-corrected chi connectivity index (χ2v) is 9.73. The second kappa shape index (κ2) is 8.97. The van der Waals surface area contributed by atoms with E-state index < -0.39 is 21.9 Å². The third-order valence-corrected chi connectivity index (χ3v) is 8.31. The van der Waals surface area contributed by atoms with Crippen molar-refractivity contribution in [3.63, 3.8) is 0 Å². The number of thioether (sulfide) groups is 2. The van der Waals surface area contributed by atoms with Crippen LogP contribution in [-0.4, -0.2) is 29.9 Å². The van der Waals surface area contributed by atoms with E-state index >= 15 is 0 Å². The molecule has 1 heterocycles. The summed E-state index contributed by atoms with van der Waals surface area (Å²) in [6, 6.07) is 20.0. The molecule has 0 bridgehead atoms. The summed E-state index contributed by atoms with van der Waals surface area (Å²) in [5.74, 6) is -1.14. The minimum Gasteiger partial charge on any atom is -0.464 e. The normalized spacial score (nSPS) is 17.1. The third-order valence-electron chi connectivity index (χ3n) is 5.25. The van der Waals surface area contributed by atoms with Crippen molar-refractivity contribution >= 4 is 46.2 Å². The third kappa shape index (κ3) is 3.83. The van der Waals surface area contributed by atoms with Gasteiger partial charge in [-0.2, -0.15) is 0 Å². The number of benzene rings is 3. The highest BCUT2D eigenvalue weighted by atomic mass is 32.2. The van der Waals surface area contributed by atoms with Crippen molar-refractivity contribution in [2.24, 2.45) is 0 Å². The van der Waals surface area contributed by atoms with Crippen molar-refractivity contribution in [2.75, 3.05) is 13.2 Å². The molecule has 4 nitrogen and oxygen atoms in total. The zero-order valence-electron chi connectivity index (χ0n) is 17.7. The smallest absolute Gasteiger partial charge is 0.335 e. The number of aryl methyl sites for hydroxylation is 1. The number of ether oxygens (including phenoxy) is 2. The molecule has 0 N–H and O–H groups in total. The van der Waals surface area contributed by atoms with Gasteiger partial charge in [-0.25, -0.2) is 9.59 Å². The van der Waals surface area contributed by atoms with Crippen LogP contribution in [0.5, 0.6) is 0 Å². The molecule has 1 aliphatic rings. The van der Waals surface area contributed by atoms with E-state index in [-0.39, 0.29) is 13.2 Å². The van der Waals surface area contributed by atoms with Crippen LogP contribution >= 0.6 is 23.5 Å². The van der Waals surface area contributed by atoms with Crippen molar-refractivity contribution < 1.29 is 19.1 Å². The molecule has 0 aromatic heterocycles. The average molecular weight is 453 g/mol. The Bertz CT molecular complexity index is 1100. The fourth-order valence-corrected chi connectivity index (χ4v) is 6.91. The van der Waals surface area contributed by atoms with E-state index in [1.807, 2.05) is 67.6 Å².